The molecule has 3 N–H and O–H groups in total. The number of aromatic nitrogens is 2. The van der Waals surface area contributed by atoms with Crippen LogP contribution in [0.4, 0.5) is 11.4 Å². The molecule has 0 atom stereocenters. The van der Waals surface area contributed by atoms with E-state index in [-0.39, 0.29) is 5.91 Å². The summed E-state index contributed by atoms with van der Waals surface area (Å²) in [4.78, 5) is 12.1. The van der Waals surface area contributed by atoms with E-state index in [1.165, 1.54) is 0 Å². The van der Waals surface area contributed by atoms with Crippen molar-refractivity contribution < 1.29 is 4.79 Å². The first kappa shape index (κ1) is 12.2. The number of rotatable bonds is 2. The van der Waals surface area contributed by atoms with Gasteiger partial charge < -0.3 is 11.1 Å². The van der Waals surface area contributed by atoms with E-state index < -0.39 is 0 Å². The highest BCUT2D eigenvalue weighted by Crippen LogP contribution is 2.17. The fraction of sp³-hybridized carbons (Fsp3) is 0.231. The van der Waals surface area contributed by atoms with Crippen molar-refractivity contribution in [2.45, 2.75) is 13.8 Å². The Morgan fingerprint density at radius 2 is 2.11 bits per heavy atom. The zero-order valence-electron chi connectivity index (χ0n) is 10.7. The number of aryl methyl sites for hydroxylation is 3. The quantitative estimate of drug-likeness (QED) is 0.792. The Morgan fingerprint density at radius 1 is 1.39 bits per heavy atom. The van der Waals surface area contributed by atoms with Crippen molar-refractivity contribution >= 4 is 17.3 Å². The SMILES string of the molecule is Cc1ccc(N)cc1C(=O)Nc1cn(C)nc1C. The molecule has 0 bridgehead atoms. The van der Waals surface area contributed by atoms with E-state index in [1.54, 1.807) is 23.0 Å². The first-order valence-corrected chi connectivity index (χ1v) is 5.65. The van der Waals surface area contributed by atoms with Crippen LogP contribution in [0.25, 0.3) is 0 Å². The van der Waals surface area contributed by atoms with Crippen molar-refractivity contribution in [1.82, 2.24) is 9.78 Å². The molecule has 0 saturated heterocycles. The Hall–Kier alpha value is -2.30. The summed E-state index contributed by atoms with van der Waals surface area (Å²) in [5.41, 5.74) is 9.24. The van der Waals surface area contributed by atoms with Gasteiger partial charge in [0.1, 0.15) is 0 Å². The van der Waals surface area contributed by atoms with Gasteiger partial charge in [0.05, 0.1) is 11.4 Å². The summed E-state index contributed by atoms with van der Waals surface area (Å²) in [6.45, 7) is 3.73. The summed E-state index contributed by atoms with van der Waals surface area (Å²) in [5, 5.41) is 7.01. The fourth-order valence-corrected chi connectivity index (χ4v) is 1.80. The van der Waals surface area contributed by atoms with E-state index in [2.05, 4.69) is 10.4 Å². The van der Waals surface area contributed by atoms with E-state index in [0.29, 0.717) is 16.9 Å². The highest BCUT2D eigenvalue weighted by molar-refractivity contribution is 6.06. The van der Waals surface area contributed by atoms with Crippen molar-refractivity contribution in [1.29, 1.82) is 0 Å². The Bertz CT molecular complexity index is 601. The van der Waals surface area contributed by atoms with Crippen LogP contribution >= 0.6 is 0 Å². The number of nitrogens with zero attached hydrogens (tertiary/aromatic N) is 2. The largest absolute Gasteiger partial charge is 0.399 e. The highest BCUT2D eigenvalue weighted by Gasteiger charge is 2.12. The highest BCUT2D eigenvalue weighted by atomic mass is 16.1. The van der Waals surface area contributed by atoms with Crippen LogP contribution in [0.1, 0.15) is 21.6 Å². The van der Waals surface area contributed by atoms with Gasteiger partial charge in [0.2, 0.25) is 0 Å². The molecule has 0 spiro atoms. The molecule has 1 heterocycles. The van der Waals surface area contributed by atoms with Crippen molar-refractivity contribution in [3.63, 3.8) is 0 Å². The monoisotopic (exact) mass is 244 g/mol. The Morgan fingerprint density at radius 3 is 2.72 bits per heavy atom. The maximum Gasteiger partial charge on any atom is 0.256 e. The third-order valence-corrected chi connectivity index (χ3v) is 2.77. The van der Waals surface area contributed by atoms with Gasteiger partial charge in [-0.15, -0.1) is 0 Å². The minimum atomic E-state index is -0.170. The summed E-state index contributed by atoms with van der Waals surface area (Å²) in [7, 11) is 1.81. The van der Waals surface area contributed by atoms with Gasteiger partial charge in [-0.3, -0.25) is 9.48 Å². The molecule has 94 valence electrons. The van der Waals surface area contributed by atoms with E-state index in [4.69, 9.17) is 5.73 Å². The second-order valence-corrected chi connectivity index (χ2v) is 4.33. The van der Waals surface area contributed by atoms with Crippen LogP contribution in [-0.2, 0) is 7.05 Å². The van der Waals surface area contributed by atoms with Gasteiger partial charge >= 0.3 is 0 Å². The maximum absolute atomic E-state index is 12.1. The summed E-state index contributed by atoms with van der Waals surface area (Å²) in [5.74, 6) is -0.170. The third kappa shape index (κ3) is 2.34. The average molecular weight is 244 g/mol. The molecule has 1 amide bonds. The van der Waals surface area contributed by atoms with Crippen molar-refractivity contribution in [3.05, 3.63) is 41.2 Å². The van der Waals surface area contributed by atoms with Gasteiger partial charge in [-0.05, 0) is 31.5 Å². The molecule has 0 saturated carbocycles. The zero-order chi connectivity index (χ0) is 13.3. The van der Waals surface area contributed by atoms with Gasteiger partial charge in [0.25, 0.3) is 5.91 Å². The Kier molecular flexibility index (Phi) is 3.06. The molecule has 2 aromatic rings. The second-order valence-electron chi connectivity index (χ2n) is 4.33. The van der Waals surface area contributed by atoms with Crippen LogP contribution in [0, 0.1) is 13.8 Å². The second kappa shape index (κ2) is 4.52. The molecular formula is C13H16N4O. The smallest absolute Gasteiger partial charge is 0.256 e. The molecule has 0 unspecified atom stereocenters. The number of nitrogens with one attached hydrogen (secondary N) is 1. The number of nitrogens with two attached hydrogens (primary N) is 1. The standard InChI is InChI=1S/C13H16N4O/c1-8-4-5-10(14)6-11(8)13(18)15-12-7-17(3)16-9(12)2/h4-7H,14H2,1-3H3,(H,15,18). The number of anilines is 2. The predicted octanol–water partition coefficient (Wildman–Crippen LogP) is 1.87. The number of nitrogen functional groups attached to an aromatic ring is 1. The molecule has 1 aromatic heterocycles. The summed E-state index contributed by atoms with van der Waals surface area (Å²) in [6, 6.07) is 5.29. The minimum absolute atomic E-state index is 0.170. The maximum atomic E-state index is 12.1. The topological polar surface area (TPSA) is 72.9 Å². The number of carbonyl (C=O) groups is 1. The summed E-state index contributed by atoms with van der Waals surface area (Å²) >= 11 is 0. The molecule has 0 radical (unpaired) electrons. The fourth-order valence-electron chi connectivity index (χ4n) is 1.80. The van der Waals surface area contributed by atoms with Crippen LogP contribution in [-0.4, -0.2) is 15.7 Å². The molecule has 1 aromatic carbocycles. The third-order valence-electron chi connectivity index (χ3n) is 2.77. The lowest BCUT2D eigenvalue weighted by molar-refractivity contribution is 0.102. The molecule has 0 aliphatic rings. The Balaban J connectivity index is 2.27. The molecule has 0 aliphatic heterocycles. The number of hydrogen-bond acceptors (Lipinski definition) is 3. The zero-order valence-corrected chi connectivity index (χ0v) is 10.7. The first-order chi connectivity index (χ1) is 8.47. The van der Waals surface area contributed by atoms with Crippen LogP contribution < -0.4 is 11.1 Å². The molecular weight excluding hydrogens is 228 g/mol. The first-order valence-electron chi connectivity index (χ1n) is 5.65. The van der Waals surface area contributed by atoms with E-state index in [9.17, 15) is 4.79 Å². The number of amides is 1. The lowest BCUT2D eigenvalue weighted by Crippen LogP contribution is -2.14. The van der Waals surface area contributed by atoms with E-state index in [1.807, 2.05) is 27.0 Å². The lowest BCUT2D eigenvalue weighted by atomic mass is 10.1. The summed E-state index contributed by atoms with van der Waals surface area (Å²) in [6.07, 6.45) is 1.77. The van der Waals surface area contributed by atoms with E-state index >= 15 is 0 Å². The summed E-state index contributed by atoms with van der Waals surface area (Å²) < 4.78 is 1.66. The van der Waals surface area contributed by atoms with Crippen LogP contribution in [0.15, 0.2) is 24.4 Å². The van der Waals surface area contributed by atoms with Gasteiger partial charge in [-0.2, -0.15) is 5.10 Å². The van der Waals surface area contributed by atoms with Crippen LogP contribution in [0.3, 0.4) is 0 Å². The number of carbonyl (C=O) groups excluding carboxylic acids is 1. The minimum Gasteiger partial charge on any atom is -0.399 e. The van der Waals surface area contributed by atoms with Gasteiger partial charge in [0, 0.05) is 24.5 Å². The molecule has 18 heavy (non-hydrogen) atoms. The molecule has 5 nitrogen and oxygen atoms in total. The van der Waals surface area contributed by atoms with Gasteiger partial charge in [-0.1, -0.05) is 6.07 Å². The van der Waals surface area contributed by atoms with E-state index in [0.717, 1.165) is 11.3 Å². The molecule has 0 aliphatic carbocycles. The molecule has 5 heteroatoms. The molecule has 2 rings (SSSR count). The normalized spacial score (nSPS) is 10.4. The molecule has 0 fully saturated rings. The van der Waals surface area contributed by atoms with Crippen LogP contribution in [0.5, 0.6) is 0 Å². The van der Waals surface area contributed by atoms with Crippen molar-refractivity contribution in [2.75, 3.05) is 11.1 Å². The lowest BCUT2D eigenvalue weighted by Gasteiger charge is -2.07. The van der Waals surface area contributed by atoms with Crippen LogP contribution in [0.2, 0.25) is 0 Å². The van der Waals surface area contributed by atoms with Crippen molar-refractivity contribution in [3.8, 4) is 0 Å². The number of hydrogen-bond donors (Lipinski definition) is 2. The van der Waals surface area contributed by atoms with Gasteiger partial charge in [0.15, 0.2) is 0 Å². The van der Waals surface area contributed by atoms with Crippen molar-refractivity contribution in [2.24, 2.45) is 7.05 Å². The number of benzene rings is 1. The average Bonchev–Trinajstić information content (AvgIpc) is 2.61. The predicted molar refractivity (Wildman–Crippen MR) is 71.5 cm³/mol. The van der Waals surface area contributed by atoms with Gasteiger partial charge in [-0.25, -0.2) is 0 Å². The Labute approximate surface area is 106 Å².